The van der Waals surface area contributed by atoms with E-state index in [2.05, 4.69) is 11.9 Å². The third kappa shape index (κ3) is 5.38. The molecule has 0 saturated heterocycles. The van der Waals surface area contributed by atoms with Crippen molar-refractivity contribution in [2.75, 3.05) is 10.8 Å². The lowest BCUT2D eigenvalue weighted by Gasteiger charge is -2.24. The minimum absolute atomic E-state index is 0.116. The number of nitrogens with zero attached hydrogens (tertiary/aromatic N) is 1. The van der Waals surface area contributed by atoms with Crippen molar-refractivity contribution in [3.8, 4) is 0 Å². The van der Waals surface area contributed by atoms with E-state index in [-0.39, 0.29) is 22.7 Å². The first-order valence-electron chi connectivity index (χ1n) is 9.34. The Morgan fingerprint density at radius 3 is 2.50 bits per heavy atom. The molecule has 0 unspecified atom stereocenters. The minimum atomic E-state index is -4.62. The lowest BCUT2D eigenvalue weighted by Crippen LogP contribution is -2.32. The molecule has 0 bridgehead atoms. The molecule has 0 spiro atoms. The quantitative estimate of drug-likeness (QED) is 0.458. The van der Waals surface area contributed by atoms with E-state index >= 15 is 0 Å². The third-order valence-corrected chi connectivity index (χ3v) is 7.11. The number of rotatable bonds is 8. The summed E-state index contributed by atoms with van der Waals surface area (Å²) in [5.74, 6) is -0.468. The molecule has 0 aliphatic heterocycles. The summed E-state index contributed by atoms with van der Waals surface area (Å²) in [7, 11) is -4.28. The lowest BCUT2D eigenvalue weighted by molar-refractivity contribution is -0.137. The number of hydrogen-bond acceptors (Lipinski definition) is 4. The number of benzene rings is 2. The predicted molar refractivity (Wildman–Crippen MR) is 118 cm³/mol. The second-order valence-corrected chi connectivity index (χ2v) is 9.56. The van der Waals surface area contributed by atoms with Crippen LogP contribution >= 0.6 is 11.3 Å². The number of sulfonamides is 1. The Labute approximate surface area is 187 Å². The number of carbonyl (C=O) groups excluding carboxylic acids is 1. The topological polar surface area (TPSA) is 66.5 Å². The number of amides is 1. The number of hydrogen-bond donors (Lipinski definition) is 1. The summed E-state index contributed by atoms with van der Waals surface area (Å²) in [5, 5.41) is 4.58. The zero-order valence-corrected chi connectivity index (χ0v) is 18.3. The van der Waals surface area contributed by atoms with Gasteiger partial charge in [-0.3, -0.25) is 9.10 Å². The van der Waals surface area contributed by atoms with Crippen LogP contribution in [0.15, 0.2) is 83.6 Å². The third-order valence-electron chi connectivity index (χ3n) is 4.44. The number of carbonyl (C=O) groups is 1. The normalized spacial score (nSPS) is 11.7. The SMILES string of the molecule is C=CCN(c1cccc(C(F)(F)F)c1)S(=O)(=O)c1cccc(C(=O)NCc2cccs2)c1. The highest BCUT2D eigenvalue weighted by Gasteiger charge is 2.32. The maximum absolute atomic E-state index is 13.3. The summed E-state index contributed by atoms with van der Waals surface area (Å²) in [4.78, 5) is 13.2. The van der Waals surface area contributed by atoms with Crippen molar-refractivity contribution in [1.29, 1.82) is 0 Å². The molecule has 0 aliphatic rings. The molecule has 0 fully saturated rings. The summed E-state index contributed by atoms with van der Waals surface area (Å²) in [6.45, 7) is 3.55. The van der Waals surface area contributed by atoms with E-state index in [0.29, 0.717) is 6.54 Å². The van der Waals surface area contributed by atoms with Crippen molar-refractivity contribution in [3.63, 3.8) is 0 Å². The maximum atomic E-state index is 13.3. The van der Waals surface area contributed by atoms with E-state index in [0.717, 1.165) is 27.4 Å². The molecule has 3 rings (SSSR count). The summed E-state index contributed by atoms with van der Waals surface area (Å²) in [5.41, 5.74) is -1.02. The second-order valence-electron chi connectivity index (χ2n) is 6.66. The van der Waals surface area contributed by atoms with Crippen LogP contribution < -0.4 is 9.62 Å². The second kappa shape index (κ2) is 9.58. The van der Waals surface area contributed by atoms with E-state index in [4.69, 9.17) is 0 Å². The molecule has 168 valence electrons. The highest BCUT2D eigenvalue weighted by atomic mass is 32.2. The molecule has 32 heavy (non-hydrogen) atoms. The molecule has 1 aromatic heterocycles. The van der Waals surface area contributed by atoms with Gasteiger partial charge >= 0.3 is 6.18 Å². The van der Waals surface area contributed by atoms with Crippen molar-refractivity contribution in [2.45, 2.75) is 17.6 Å². The van der Waals surface area contributed by atoms with Gasteiger partial charge in [-0.25, -0.2) is 8.42 Å². The van der Waals surface area contributed by atoms with Gasteiger partial charge in [0, 0.05) is 10.4 Å². The predicted octanol–water partition coefficient (Wildman–Crippen LogP) is 5.08. The van der Waals surface area contributed by atoms with Crippen LogP contribution in [0.3, 0.4) is 0 Å². The first-order valence-corrected chi connectivity index (χ1v) is 11.7. The van der Waals surface area contributed by atoms with Crippen molar-refractivity contribution < 1.29 is 26.4 Å². The van der Waals surface area contributed by atoms with Gasteiger partial charge in [0.1, 0.15) is 0 Å². The zero-order chi connectivity index (χ0) is 23.4. The van der Waals surface area contributed by atoms with Crippen molar-refractivity contribution in [1.82, 2.24) is 5.32 Å². The van der Waals surface area contributed by atoms with Crippen LogP contribution in [-0.2, 0) is 22.7 Å². The number of anilines is 1. The molecule has 10 heteroatoms. The number of thiophene rings is 1. The summed E-state index contributed by atoms with van der Waals surface area (Å²) in [6, 6.07) is 13.1. The lowest BCUT2D eigenvalue weighted by atomic mass is 10.2. The molecular weight excluding hydrogens is 461 g/mol. The van der Waals surface area contributed by atoms with Gasteiger partial charge in [-0.05, 0) is 47.8 Å². The van der Waals surface area contributed by atoms with Crippen molar-refractivity contribution >= 4 is 33.0 Å². The van der Waals surface area contributed by atoms with E-state index in [1.165, 1.54) is 47.7 Å². The standard InChI is InChI=1S/C22H19F3N2O3S2/c1-2-11-27(18-8-4-7-17(14-18)22(23,24)25)32(29,30)20-10-3-6-16(13-20)21(28)26-15-19-9-5-12-31-19/h2-10,12-14H,1,11,15H2,(H,26,28). The fraction of sp³-hybridized carbons (Fsp3) is 0.136. The van der Waals surface area contributed by atoms with Crippen LogP contribution in [0.1, 0.15) is 20.8 Å². The van der Waals surface area contributed by atoms with Crippen LogP contribution in [0.4, 0.5) is 18.9 Å². The van der Waals surface area contributed by atoms with Crippen LogP contribution in [-0.4, -0.2) is 20.9 Å². The Balaban J connectivity index is 1.92. The van der Waals surface area contributed by atoms with Gasteiger partial charge in [0.25, 0.3) is 15.9 Å². The van der Waals surface area contributed by atoms with Gasteiger partial charge in [-0.1, -0.05) is 24.3 Å². The Hall–Kier alpha value is -3.11. The molecule has 1 heterocycles. The average molecular weight is 481 g/mol. The fourth-order valence-electron chi connectivity index (χ4n) is 2.90. The van der Waals surface area contributed by atoms with Crippen LogP contribution in [0.2, 0.25) is 0 Å². The van der Waals surface area contributed by atoms with Gasteiger partial charge in [0.2, 0.25) is 0 Å². The monoisotopic (exact) mass is 480 g/mol. The average Bonchev–Trinajstić information content (AvgIpc) is 3.29. The van der Waals surface area contributed by atoms with E-state index < -0.39 is 27.7 Å². The molecule has 0 saturated carbocycles. The first kappa shape index (κ1) is 23.6. The number of alkyl halides is 3. The van der Waals surface area contributed by atoms with Crippen LogP contribution in [0.5, 0.6) is 0 Å². The highest BCUT2D eigenvalue weighted by Crippen LogP contribution is 2.33. The Morgan fingerprint density at radius 2 is 1.84 bits per heavy atom. The fourth-order valence-corrected chi connectivity index (χ4v) is 5.02. The molecule has 1 N–H and O–H groups in total. The minimum Gasteiger partial charge on any atom is -0.347 e. The molecule has 1 amide bonds. The first-order chi connectivity index (χ1) is 15.1. The molecule has 5 nitrogen and oxygen atoms in total. The van der Waals surface area contributed by atoms with E-state index in [1.54, 1.807) is 0 Å². The van der Waals surface area contributed by atoms with Crippen LogP contribution in [0, 0.1) is 0 Å². The Bertz CT molecular complexity index is 1210. The molecule has 0 radical (unpaired) electrons. The number of halogens is 3. The van der Waals surface area contributed by atoms with E-state index in [1.807, 2.05) is 17.5 Å². The van der Waals surface area contributed by atoms with Gasteiger partial charge < -0.3 is 5.32 Å². The Morgan fingerprint density at radius 1 is 1.09 bits per heavy atom. The van der Waals surface area contributed by atoms with Gasteiger partial charge in [0.05, 0.1) is 29.2 Å². The molecule has 0 aliphatic carbocycles. The van der Waals surface area contributed by atoms with Crippen molar-refractivity contribution in [3.05, 3.63) is 94.7 Å². The highest BCUT2D eigenvalue weighted by molar-refractivity contribution is 7.92. The van der Waals surface area contributed by atoms with E-state index in [9.17, 15) is 26.4 Å². The van der Waals surface area contributed by atoms with Crippen molar-refractivity contribution in [2.24, 2.45) is 0 Å². The summed E-state index contributed by atoms with van der Waals surface area (Å²) >= 11 is 1.47. The molecular formula is C22H19F3N2O3S2. The van der Waals surface area contributed by atoms with Gasteiger partial charge in [-0.15, -0.1) is 17.9 Å². The maximum Gasteiger partial charge on any atom is 0.416 e. The summed E-state index contributed by atoms with van der Waals surface area (Å²) in [6.07, 6.45) is -3.35. The van der Waals surface area contributed by atoms with Gasteiger partial charge in [-0.2, -0.15) is 13.2 Å². The van der Waals surface area contributed by atoms with Gasteiger partial charge in [0.15, 0.2) is 0 Å². The summed E-state index contributed by atoms with van der Waals surface area (Å²) < 4.78 is 66.7. The molecule has 2 aromatic carbocycles. The zero-order valence-electron chi connectivity index (χ0n) is 16.7. The number of nitrogens with one attached hydrogen (secondary N) is 1. The Kier molecular flexibility index (Phi) is 7.05. The smallest absolute Gasteiger partial charge is 0.347 e. The van der Waals surface area contributed by atoms with Crippen LogP contribution in [0.25, 0.3) is 0 Å². The molecule has 0 atom stereocenters. The largest absolute Gasteiger partial charge is 0.416 e. The molecule has 3 aromatic rings.